The molecular formula is C15H24N2O2S2. The predicted molar refractivity (Wildman–Crippen MR) is 89.2 cm³/mol. The van der Waals surface area contributed by atoms with Gasteiger partial charge >= 0.3 is 0 Å². The van der Waals surface area contributed by atoms with Crippen LogP contribution >= 0.6 is 11.8 Å². The van der Waals surface area contributed by atoms with Crippen molar-refractivity contribution in [2.45, 2.75) is 43.7 Å². The molecule has 118 valence electrons. The molecule has 2 unspecified atom stereocenters. The summed E-state index contributed by atoms with van der Waals surface area (Å²) in [4.78, 5) is 0.353. The highest BCUT2D eigenvalue weighted by molar-refractivity contribution is 7.99. The molecule has 0 aliphatic carbocycles. The van der Waals surface area contributed by atoms with E-state index in [9.17, 15) is 8.42 Å². The lowest BCUT2D eigenvalue weighted by atomic mass is 10.1. The van der Waals surface area contributed by atoms with Crippen LogP contribution in [-0.2, 0) is 10.0 Å². The fraction of sp³-hybridized carbons (Fsp3) is 0.600. The second-order valence-electron chi connectivity index (χ2n) is 5.43. The van der Waals surface area contributed by atoms with E-state index in [2.05, 4.69) is 23.9 Å². The molecule has 0 aromatic heterocycles. The number of nitrogens with one attached hydrogen (secondary N) is 2. The molecule has 1 aliphatic rings. The van der Waals surface area contributed by atoms with E-state index < -0.39 is 10.0 Å². The lowest BCUT2D eigenvalue weighted by Crippen LogP contribution is -2.34. The van der Waals surface area contributed by atoms with Gasteiger partial charge in [0.05, 0.1) is 4.90 Å². The Bertz CT molecular complexity index is 537. The molecule has 1 saturated heterocycles. The van der Waals surface area contributed by atoms with Gasteiger partial charge in [-0.1, -0.05) is 19.1 Å². The molecule has 2 atom stereocenters. The van der Waals surface area contributed by atoms with Crippen LogP contribution in [0.2, 0.25) is 0 Å². The van der Waals surface area contributed by atoms with Crippen LogP contribution in [0.15, 0.2) is 29.2 Å². The average molecular weight is 329 g/mol. The molecule has 1 aromatic rings. The number of hydrogen-bond donors (Lipinski definition) is 2. The molecule has 4 nitrogen and oxygen atoms in total. The van der Waals surface area contributed by atoms with E-state index in [1.54, 1.807) is 23.9 Å². The zero-order valence-corrected chi connectivity index (χ0v) is 14.3. The zero-order valence-electron chi connectivity index (χ0n) is 12.6. The van der Waals surface area contributed by atoms with Crippen molar-refractivity contribution in [3.8, 4) is 0 Å². The molecule has 0 radical (unpaired) electrons. The number of rotatable bonds is 7. The molecule has 0 amide bonds. The summed E-state index contributed by atoms with van der Waals surface area (Å²) < 4.78 is 27.4. The van der Waals surface area contributed by atoms with Gasteiger partial charge in [-0.05, 0) is 49.8 Å². The largest absolute Gasteiger partial charge is 0.310 e. The van der Waals surface area contributed by atoms with Crippen molar-refractivity contribution in [2.24, 2.45) is 0 Å². The summed E-state index contributed by atoms with van der Waals surface area (Å²) in [5.74, 6) is 1.90. The second-order valence-corrected chi connectivity index (χ2v) is 8.29. The third-order valence-electron chi connectivity index (χ3n) is 3.64. The van der Waals surface area contributed by atoms with E-state index in [0.29, 0.717) is 4.90 Å². The first-order chi connectivity index (χ1) is 10.0. The van der Waals surface area contributed by atoms with Gasteiger partial charge in [-0.15, -0.1) is 0 Å². The lowest BCUT2D eigenvalue weighted by Gasteiger charge is -2.15. The summed E-state index contributed by atoms with van der Waals surface area (Å²) in [6.07, 6.45) is 2.00. The van der Waals surface area contributed by atoms with Crippen LogP contribution in [0, 0.1) is 0 Å². The van der Waals surface area contributed by atoms with Gasteiger partial charge < -0.3 is 5.32 Å². The minimum Gasteiger partial charge on any atom is -0.310 e. The Balaban J connectivity index is 2.03. The minimum atomic E-state index is -3.39. The van der Waals surface area contributed by atoms with Crippen LogP contribution in [0.3, 0.4) is 0 Å². The highest BCUT2D eigenvalue weighted by Gasteiger charge is 2.23. The Morgan fingerprint density at radius 1 is 1.33 bits per heavy atom. The molecule has 0 bridgehead atoms. The number of sulfonamides is 1. The molecule has 1 fully saturated rings. The molecule has 21 heavy (non-hydrogen) atoms. The maximum absolute atomic E-state index is 12.3. The fourth-order valence-electron chi connectivity index (χ4n) is 2.33. The predicted octanol–water partition coefficient (Wildman–Crippen LogP) is 2.53. The molecule has 1 aliphatic heterocycles. The highest BCUT2D eigenvalue weighted by Crippen LogP contribution is 2.21. The topological polar surface area (TPSA) is 58.2 Å². The van der Waals surface area contributed by atoms with E-state index in [4.69, 9.17) is 0 Å². The van der Waals surface area contributed by atoms with Crippen molar-refractivity contribution < 1.29 is 8.42 Å². The summed E-state index contributed by atoms with van der Waals surface area (Å²) in [7, 11) is -3.39. The summed E-state index contributed by atoms with van der Waals surface area (Å²) in [5, 5.41) is 3.40. The third-order valence-corrected chi connectivity index (χ3v) is 6.34. The monoisotopic (exact) mass is 328 g/mol. The third kappa shape index (κ3) is 4.71. The summed E-state index contributed by atoms with van der Waals surface area (Å²) in [6, 6.07) is 7.50. The Morgan fingerprint density at radius 3 is 2.62 bits per heavy atom. The van der Waals surface area contributed by atoms with Crippen LogP contribution in [0.25, 0.3) is 0 Å². The second kappa shape index (κ2) is 7.63. The number of thioether (sulfide) groups is 1. The molecule has 1 heterocycles. The van der Waals surface area contributed by atoms with Gasteiger partial charge in [0.1, 0.15) is 0 Å². The van der Waals surface area contributed by atoms with Crippen LogP contribution < -0.4 is 10.0 Å². The maximum Gasteiger partial charge on any atom is 0.240 e. The van der Waals surface area contributed by atoms with Gasteiger partial charge in [0.15, 0.2) is 0 Å². The number of benzene rings is 1. The quantitative estimate of drug-likeness (QED) is 0.807. The standard InChI is InChI=1S/C15H24N2O2S2/c1-3-9-16-12(2)13-4-6-15(7-5-13)21(18,19)17-14-8-10-20-11-14/h4-7,12,14,16-17H,3,8-11H2,1-2H3. The summed E-state index contributed by atoms with van der Waals surface area (Å²) in [5.41, 5.74) is 1.11. The molecule has 2 N–H and O–H groups in total. The summed E-state index contributed by atoms with van der Waals surface area (Å²) >= 11 is 1.80. The van der Waals surface area contributed by atoms with Crippen LogP contribution in [-0.4, -0.2) is 32.5 Å². The first kappa shape index (κ1) is 16.8. The van der Waals surface area contributed by atoms with Gasteiger partial charge in [-0.25, -0.2) is 13.1 Å². The fourth-order valence-corrected chi connectivity index (χ4v) is 4.86. The van der Waals surface area contributed by atoms with Gasteiger partial charge in [0, 0.05) is 17.8 Å². The van der Waals surface area contributed by atoms with Gasteiger partial charge in [0.2, 0.25) is 10.0 Å². The van der Waals surface area contributed by atoms with E-state index in [-0.39, 0.29) is 12.1 Å². The molecule has 2 rings (SSSR count). The van der Waals surface area contributed by atoms with Crippen molar-refractivity contribution in [3.63, 3.8) is 0 Å². The Morgan fingerprint density at radius 2 is 2.05 bits per heavy atom. The van der Waals surface area contributed by atoms with Crippen molar-refractivity contribution in [1.29, 1.82) is 0 Å². The van der Waals surface area contributed by atoms with Crippen LogP contribution in [0.1, 0.15) is 38.3 Å². The Labute approximate surface area is 132 Å². The van der Waals surface area contributed by atoms with Crippen molar-refractivity contribution >= 4 is 21.8 Å². The average Bonchev–Trinajstić information content (AvgIpc) is 2.97. The Kier molecular flexibility index (Phi) is 6.10. The van der Waals surface area contributed by atoms with Gasteiger partial charge in [-0.3, -0.25) is 0 Å². The van der Waals surface area contributed by atoms with Gasteiger partial charge in [0.25, 0.3) is 0 Å². The smallest absolute Gasteiger partial charge is 0.240 e. The van der Waals surface area contributed by atoms with Crippen LogP contribution in [0.5, 0.6) is 0 Å². The van der Waals surface area contributed by atoms with E-state index >= 15 is 0 Å². The molecular weight excluding hydrogens is 304 g/mol. The van der Waals surface area contributed by atoms with Gasteiger partial charge in [-0.2, -0.15) is 11.8 Å². The normalized spacial score (nSPS) is 20.6. The maximum atomic E-state index is 12.3. The highest BCUT2D eigenvalue weighted by atomic mass is 32.2. The van der Waals surface area contributed by atoms with Crippen LogP contribution in [0.4, 0.5) is 0 Å². The molecule has 0 saturated carbocycles. The van der Waals surface area contributed by atoms with E-state index in [0.717, 1.165) is 36.5 Å². The van der Waals surface area contributed by atoms with E-state index in [1.165, 1.54) is 0 Å². The van der Waals surface area contributed by atoms with E-state index in [1.807, 2.05) is 12.1 Å². The van der Waals surface area contributed by atoms with Crippen molar-refractivity contribution in [2.75, 3.05) is 18.1 Å². The SMILES string of the molecule is CCCNC(C)c1ccc(S(=O)(=O)NC2CCSC2)cc1. The lowest BCUT2D eigenvalue weighted by molar-refractivity contribution is 0.561. The first-order valence-corrected chi connectivity index (χ1v) is 10.1. The van der Waals surface area contributed by atoms with Crippen molar-refractivity contribution in [1.82, 2.24) is 10.0 Å². The number of hydrogen-bond acceptors (Lipinski definition) is 4. The molecule has 0 spiro atoms. The van der Waals surface area contributed by atoms with Crippen molar-refractivity contribution in [3.05, 3.63) is 29.8 Å². The minimum absolute atomic E-state index is 0.0739. The first-order valence-electron chi connectivity index (χ1n) is 7.46. The molecule has 1 aromatic carbocycles. The Hall–Kier alpha value is -0.560. The molecule has 6 heteroatoms. The zero-order chi connectivity index (χ0) is 15.3. The summed E-state index contributed by atoms with van der Waals surface area (Å²) in [6.45, 7) is 5.18.